The molecule has 2 saturated carbocycles. The van der Waals surface area contributed by atoms with E-state index in [0.29, 0.717) is 29.8 Å². The van der Waals surface area contributed by atoms with E-state index in [1.807, 2.05) is 0 Å². The van der Waals surface area contributed by atoms with Crippen LogP contribution in [0.15, 0.2) is 21.8 Å². The molecule has 0 bridgehead atoms. The van der Waals surface area contributed by atoms with Gasteiger partial charge in [0.1, 0.15) is 5.56 Å². The molecule has 0 amide bonds. The summed E-state index contributed by atoms with van der Waals surface area (Å²) >= 11 is 6.67. The Morgan fingerprint density at radius 1 is 1.27 bits per heavy atom. The number of aromatic amines is 1. The molecule has 1 aromatic carbocycles. The molecule has 4 rings (SSSR count). The minimum absolute atomic E-state index is 0.0227. The summed E-state index contributed by atoms with van der Waals surface area (Å²) in [7, 11) is -1.99. The van der Waals surface area contributed by atoms with Crippen molar-refractivity contribution in [3.8, 4) is 0 Å². The zero-order valence-corrected chi connectivity index (χ0v) is 18.9. The van der Waals surface area contributed by atoms with Crippen molar-refractivity contribution >= 4 is 27.2 Å². The third-order valence-corrected chi connectivity index (χ3v) is 7.53. The van der Waals surface area contributed by atoms with Gasteiger partial charge < -0.3 is 0 Å². The molecule has 0 aliphatic heterocycles. The number of carbonyl (C=O) groups is 1. The maximum atomic E-state index is 13.2. The van der Waals surface area contributed by atoms with E-state index in [1.54, 1.807) is 6.92 Å². The van der Waals surface area contributed by atoms with Crippen LogP contribution in [0.25, 0.3) is 0 Å². The number of benzene rings is 1. The summed E-state index contributed by atoms with van der Waals surface area (Å²) < 4.78 is 26.1. The summed E-state index contributed by atoms with van der Waals surface area (Å²) in [6.45, 7) is 2.95. The van der Waals surface area contributed by atoms with Crippen molar-refractivity contribution in [1.82, 2.24) is 14.7 Å². The van der Waals surface area contributed by atoms with Gasteiger partial charge in [-0.2, -0.15) is 0 Å². The second-order valence-electron chi connectivity index (χ2n) is 8.59. The van der Waals surface area contributed by atoms with Crippen molar-refractivity contribution in [2.45, 2.75) is 50.1 Å². The van der Waals surface area contributed by atoms with Gasteiger partial charge in [-0.3, -0.25) is 24.3 Å². The lowest BCUT2D eigenvalue weighted by Crippen LogP contribution is -2.29. The molecule has 9 heteroatoms. The quantitative estimate of drug-likeness (QED) is 0.623. The van der Waals surface area contributed by atoms with Crippen LogP contribution in [-0.4, -0.2) is 47.7 Å². The van der Waals surface area contributed by atoms with E-state index in [0.717, 1.165) is 25.6 Å². The van der Waals surface area contributed by atoms with Crippen LogP contribution < -0.4 is 5.56 Å². The molecule has 2 aliphatic carbocycles. The molecule has 1 aromatic heterocycles. The Hall–Kier alpha value is -1.90. The van der Waals surface area contributed by atoms with Crippen molar-refractivity contribution in [2.75, 3.05) is 12.8 Å². The molecule has 30 heavy (non-hydrogen) atoms. The molecule has 1 N–H and O–H groups in total. The van der Waals surface area contributed by atoms with Gasteiger partial charge >= 0.3 is 0 Å². The number of ketones is 1. The first-order valence-electron chi connectivity index (χ1n) is 10.1. The minimum Gasteiger partial charge on any atom is -0.299 e. The Balaban J connectivity index is 1.79. The molecule has 0 unspecified atom stereocenters. The lowest BCUT2D eigenvalue weighted by Gasteiger charge is -2.24. The Morgan fingerprint density at radius 2 is 1.93 bits per heavy atom. The van der Waals surface area contributed by atoms with Crippen LogP contribution >= 0.6 is 11.6 Å². The number of H-pyrrole nitrogens is 1. The van der Waals surface area contributed by atoms with E-state index in [4.69, 9.17) is 11.6 Å². The smallest absolute Gasteiger partial charge is 0.277 e. The predicted octanol–water partition coefficient (Wildman–Crippen LogP) is 2.68. The SMILES string of the molecule is Cc1[nH]n(C)c(=O)c1C(=O)c1ccc(S(C)(=O)=O)c(CN(CC2CC2)C2CC2)c1Cl. The fourth-order valence-electron chi connectivity index (χ4n) is 3.98. The fraction of sp³-hybridized carbons (Fsp3) is 0.524. The fourth-order valence-corrected chi connectivity index (χ4v) is 5.28. The number of sulfone groups is 1. The molecule has 0 spiro atoms. The van der Waals surface area contributed by atoms with Crippen molar-refractivity contribution < 1.29 is 13.2 Å². The summed E-state index contributed by atoms with van der Waals surface area (Å²) in [5, 5.41) is 2.93. The Morgan fingerprint density at radius 3 is 2.43 bits per heavy atom. The van der Waals surface area contributed by atoms with Crippen LogP contribution in [0.3, 0.4) is 0 Å². The standard InChI is InChI=1S/C21H26ClN3O4S/c1-12-18(21(27)24(2)23-12)20(26)15-8-9-17(30(3,28)29)16(19(15)22)11-25(14-6-7-14)10-13-4-5-13/h8-9,13-14,23H,4-7,10-11H2,1-3H3. The third kappa shape index (κ3) is 4.13. The molecule has 2 aromatic rings. The zero-order chi connectivity index (χ0) is 21.8. The molecule has 0 radical (unpaired) electrons. The molecule has 2 aliphatic rings. The number of hydrogen-bond donors (Lipinski definition) is 1. The van der Waals surface area contributed by atoms with Gasteiger partial charge in [0.05, 0.1) is 9.92 Å². The second kappa shape index (κ2) is 7.66. The van der Waals surface area contributed by atoms with Crippen LogP contribution in [0.4, 0.5) is 0 Å². The van der Waals surface area contributed by atoms with E-state index < -0.39 is 21.2 Å². The van der Waals surface area contributed by atoms with Gasteiger partial charge in [-0.1, -0.05) is 11.6 Å². The average molecular weight is 452 g/mol. The topological polar surface area (TPSA) is 92.2 Å². The number of nitrogens with one attached hydrogen (secondary N) is 1. The first kappa shape index (κ1) is 21.3. The summed E-state index contributed by atoms with van der Waals surface area (Å²) in [4.78, 5) is 28.0. The number of hydrogen-bond acceptors (Lipinski definition) is 5. The van der Waals surface area contributed by atoms with Crippen LogP contribution in [-0.2, 0) is 23.4 Å². The number of aryl methyl sites for hydroxylation is 2. The number of rotatable bonds is 8. The van der Waals surface area contributed by atoms with Crippen LogP contribution in [0.5, 0.6) is 0 Å². The van der Waals surface area contributed by atoms with E-state index >= 15 is 0 Å². The van der Waals surface area contributed by atoms with Gasteiger partial charge in [-0.15, -0.1) is 0 Å². The van der Waals surface area contributed by atoms with Gasteiger partial charge in [-0.05, 0) is 50.7 Å². The summed E-state index contributed by atoms with van der Waals surface area (Å²) in [6, 6.07) is 3.30. The lowest BCUT2D eigenvalue weighted by atomic mass is 10.0. The number of aromatic nitrogens is 2. The van der Waals surface area contributed by atoms with Gasteiger partial charge in [-0.25, -0.2) is 8.42 Å². The normalized spacial score (nSPS) is 17.0. The van der Waals surface area contributed by atoms with Gasteiger partial charge in [0.2, 0.25) is 5.78 Å². The Labute approximate surface area is 180 Å². The van der Waals surface area contributed by atoms with Crippen molar-refractivity contribution in [3.63, 3.8) is 0 Å². The summed E-state index contributed by atoms with van der Waals surface area (Å²) in [5.41, 5.74) is 0.638. The van der Waals surface area contributed by atoms with Crippen LogP contribution in [0, 0.1) is 12.8 Å². The molecular formula is C21H26ClN3O4S. The molecule has 0 saturated heterocycles. The van der Waals surface area contributed by atoms with E-state index in [2.05, 4.69) is 10.00 Å². The average Bonchev–Trinajstić information content (AvgIpc) is 3.55. The number of halogens is 1. The minimum atomic E-state index is -3.53. The largest absolute Gasteiger partial charge is 0.299 e. The maximum absolute atomic E-state index is 13.2. The summed E-state index contributed by atoms with van der Waals surface area (Å²) in [6.07, 6.45) is 5.73. The highest BCUT2D eigenvalue weighted by Gasteiger charge is 2.35. The Kier molecular flexibility index (Phi) is 5.45. The van der Waals surface area contributed by atoms with Crippen molar-refractivity contribution in [1.29, 1.82) is 0 Å². The summed E-state index contributed by atoms with van der Waals surface area (Å²) in [5.74, 6) is 0.155. The lowest BCUT2D eigenvalue weighted by molar-refractivity contribution is 0.103. The second-order valence-corrected chi connectivity index (χ2v) is 10.9. The maximum Gasteiger partial charge on any atom is 0.277 e. The van der Waals surface area contributed by atoms with Crippen LogP contribution in [0.2, 0.25) is 5.02 Å². The number of nitrogens with zero attached hydrogens (tertiary/aromatic N) is 2. The van der Waals surface area contributed by atoms with Gasteiger partial charge in [0.15, 0.2) is 9.84 Å². The molecule has 2 fully saturated rings. The van der Waals surface area contributed by atoms with Gasteiger partial charge in [0.25, 0.3) is 5.56 Å². The first-order chi connectivity index (χ1) is 14.1. The highest BCUT2D eigenvalue weighted by molar-refractivity contribution is 7.90. The van der Waals surface area contributed by atoms with Crippen LogP contribution in [0.1, 0.15) is 52.9 Å². The Bertz CT molecular complexity index is 1170. The van der Waals surface area contributed by atoms with E-state index in [1.165, 1.54) is 36.7 Å². The molecule has 0 atom stereocenters. The predicted molar refractivity (Wildman–Crippen MR) is 115 cm³/mol. The highest BCUT2D eigenvalue weighted by atomic mass is 35.5. The van der Waals surface area contributed by atoms with Gasteiger partial charge in [0, 0.05) is 49.3 Å². The molecule has 1 heterocycles. The zero-order valence-electron chi connectivity index (χ0n) is 17.4. The monoisotopic (exact) mass is 451 g/mol. The number of carbonyl (C=O) groups excluding carboxylic acids is 1. The first-order valence-corrected chi connectivity index (χ1v) is 12.4. The van der Waals surface area contributed by atoms with Crippen molar-refractivity contribution in [3.05, 3.63) is 49.9 Å². The van der Waals surface area contributed by atoms with E-state index in [9.17, 15) is 18.0 Å². The van der Waals surface area contributed by atoms with E-state index in [-0.39, 0.29) is 21.0 Å². The van der Waals surface area contributed by atoms with Crippen molar-refractivity contribution in [2.24, 2.45) is 13.0 Å². The third-order valence-electron chi connectivity index (χ3n) is 5.91. The molecule has 162 valence electrons. The molecule has 7 nitrogen and oxygen atoms in total. The molecular weight excluding hydrogens is 426 g/mol. The highest BCUT2D eigenvalue weighted by Crippen LogP contribution is 2.38.